The number of benzene rings is 2. The van der Waals surface area contributed by atoms with Gasteiger partial charge in [-0.15, -0.1) is 0 Å². The van der Waals surface area contributed by atoms with Crippen molar-refractivity contribution in [2.75, 3.05) is 26.2 Å². The summed E-state index contributed by atoms with van der Waals surface area (Å²) in [6, 6.07) is 20.1. The molecule has 1 aliphatic rings. The summed E-state index contributed by atoms with van der Waals surface area (Å²) in [4.78, 5) is 15.1. The maximum absolute atomic E-state index is 12.5. The number of hydrogen-bond donors (Lipinski definition) is 1. The molecule has 26 heavy (non-hydrogen) atoms. The largest absolute Gasteiger partial charge is 0.351 e. The smallest absolute Gasteiger partial charge is 0.251 e. The molecule has 1 N–H and O–H groups in total. The number of carbonyl (C=O) groups is 1. The zero-order valence-corrected chi connectivity index (χ0v) is 15.8. The fraction of sp³-hybridized carbons (Fsp3) is 0.435. The molecule has 1 atom stereocenters. The Morgan fingerprint density at radius 1 is 0.962 bits per heavy atom. The van der Waals surface area contributed by atoms with Gasteiger partial charge in [0.15, 0.2) is 0 Å². The zero-order chi connectivity index (χ0) is 18.2. The highest BCUT2D eigenvalue weighted by Crippen LogP contribution is 2.25. The molecule has 0 unspecified atom stereocenters. The van der Waals surface area contributed by atoms with Crippen LogP contribution in [0.5, 0.6) is 0 Å². The summed E-state index contributed by atoms with van der Waals surface area (Å²) in [7, 11) is 0. The van der Waals surface area contributed by atoms with Crippen molar-refractivity contribution in [2.45, 2.75) is 32.6 Å². The molecule has 138 valence electrons. The lowest BCUT2D eigenvalue weighted by Gasteiger charge is -2.37. The summed E-state index contributed by atoms with van der Waals surface area (Å²) in [6.07, 6.45) is 4.89. The van der Waals surface area contributed by atoms with Gasteiger partial charge in [0.25, 0.3) is 5.91 Å². The first kappa shape index (κ1) is 18.7. The Kier molecular flexibility index (Phi) is 6.45. The van der Waals surface area contributed by atoms with Crippen molar-refractivity contribution in [1.82, 2.24) is 10.2 Å². The molecule has 1 amide bonds. The van der Waals surface area contributed by atoms with Gasteiger partial charge in [-0.1, -0.05) is 61.9 Å². The van der Waals surface area contributed by atoms with Crippen LogP contribution in [0.15, 0.2) is 60.7 Å². The molecule has 3 rings (SSSR count). The van der Waals surface area contributed by atoms with Crippen molar-refractivity contribution < 1.29 is 4.79 Å². The van der Waals surface area contributed by atoms with Crippen molar-refractivity contribution in [3.05, 3.63) is 71.8 Å². The van der Waals surface area contributed by atoms with Crippen LogP contribution < -0.4 is 5.32 Å². The van der Waals surface area contributed by atoms with E-state index in [0.29, 0.717) is 6.54 Å². The van der Waals surface area contributed by atoms with E-state index in [4.69, 9.17) is 0 Å². The van der Waals surface area contributed by atoms with Crippen LogP contribution in [-0.4, -0.2) is 37.0 Å². The van der Waals surface area contributed by atoms with Gasteiger partial charge in [0.05, 0.1) is 0 Å². The van der Waals surface area contributed by atoms with E-state index in [9.17, 15) is 4.79 Å². The van der Waals surface area contributed by atoms with Crippen molar-refractivity contribution in [3.63, 3.8) is 0 Å². The second kappa shape index (κ2) is 9.00. The minimum absolute atomic E-state index is 0.0170. The fourth-order valence-corrected chi connectivity index (χ4v) is 3.91. The minimum Gasteiger partial charge on any atom is -0.351 e. The third kappa shape index (κ3) is 5.43. The third-order valence-electron chi connectivity index (χ3n) is 5.24. The Labute approximate surface area is 157 Å². The van der Waals surface area contributed by atoms with E-state index < -0.39 is 0 Å². The van der Waals surface area contributed by atoms with Gasteiger partial charge in [-0.05, 0) is 50.0 Å². The number of rotatable bonds is 7. The van der Waals surface area contributed by atoms with E-state index in [0.717, 1.165) is 18.5 Å². The molecule has 1 heterocycles. The van der Waals surface area contributed by atoms with Crippen molar-refractivity contribution in [1.29, 1.82) is 0 Å². The molecular weight excluding hydrogens is 320 g/mol. The van der Waals surface area contributed by atoms with Gasteiger partial charge in [0.2, 0.25) is 0 Å². The summed E-state index contributed by atoms with van der Waals surface area (Å²) in [5.41, 5.74) is 2.08. The Bertz CT molecular complexity index is 680. The summed E-state index contributed by atoms with van der Waals surface area (Å²) in [5.74, 6) is 0.0172. The summed E-state index contributed by atoms with van der Waals surface area (Å²) < 4.78 is 0. The maximum atomic E-state index is 12.5. The number of nitrogens with zero attached hydrogens (tertiary/aromatic N) is 1. The molecule has 2 aromatic carbocycles. The summed E-state index contributed by atoms with van der Waals surface area (Å²) in [6.45, 7) is 6.37. The van der Waals surface area contributed by atoms with E-state index in [1.54, 1.807) is 0 Å². The van der Waals surface area contributed by atoms with Crippen LogP contribution in [0.4, 0.5) is 0 Å². The Morgan fingerprint density at radius 2 is 1.58 bits per heavy atom. The Hall–Kier alpha value is -2.13. The lowest BCUT2D eigenvalue weighted by atomic mass is 9.82. The molecular formula is C23H30N2O. The molecule has 0 radical (unpaired) electrons. The molecule has 0 aromatic heterocycles. The van der Waals surface area contributed by atoms with Crippen LogP contribution >= 0.6 is 0 Å². The van der Waals surface area contributed by atoms with Gasteiger partial charge in [0, 0.05) is 24.1 Å². The second-order valence-corrected chi connectivity index (χ2v) is 7.86. The highest BCUT2D eigenvalue weighted by atomic mass is 16.1. The first-order valence-electron chi connectivity index (χ1n) is 9.74. The minimum atomic E-state index is 0.0170. The average molecular weight is 351 g/mol. The van der Waals surface area contributed by atoms with E-state index in [-0.39, 0.29) is 11.3 Å². The molecule has 0 aliphatic carbocycles. The Morgan fingerprint density at radius 3 is 2.23 bits per heavy atom. The quantitative estimate of drug-likeness (QED) is 0.813. The van der Waals surface area contributed by atoms with Gasteiger partial charge in [-0.2, -0.15) is 0 Å². The maximum Gasteiger partial charge on any atom is 0.251 e. The fourth-order valence-electron chi connectivity index (χ4n) is 3.91. The topological polar surface area (TPSA) is 32.3 Å². The lowest BCUT2D eigenvalue weighted by molar-refractivity contribution is 0.0902. The van der Waals surface area contributed by atoms with Gasteiger partial charge < -0.3 is 10.2 Å². The number of nitrogens with one attached hydrogen (secondary N) is 1. The molecule has 1 saturated heterocycles. The van der Waals surface area contributed by atoms with Gasteiger partial charge >= 0.3 is 0 Å². The number of piperidine rings is 1. The van der Waals surface area contributed by atoms with Crippen LogP contribution in [0.3, 0.4) is 0 Å². The molecule has 1 aliphatic heterocycles. The van der Waals surface area contributed by atoms with E-state index in [1.807, 2.05) is 30.3 Å². The van der Waals surface area contributed by atoms with Crippen LogP contribution in [0.1, 0.15) is 42.1 Å². The van der Waals surface area contributed by atoms with Gasteiger partial charge in [0.1, 0.15) is 0 Å². The lowest BCUT2D eigenvalue weighted by Crippen LogP contribution is -2.46. The second-order valence-electron chi connectivity index (χ2n) is 7.86. The summed E-state index contributed by atoms with van der Waals surface area (Å²) in [5, 5.41) is 3.18. The van der Waals surface area contributed by atoms with Crippen molar-refractivity contribution in [3.8, 4) is 0 Å². The van der Waals surface area contributed by atoms with Crippen molar-refractivity contribution >= 4 is 5.91 Å². The SMILES string of the molecule is C[C@@](CNC(=O)c1ccccc1)(Cc1ccccc1)CN1CCCCC1. The number of likely N-dealkylation sites (tertiary alicyclic amines) is 1. The van der Waals surface area contributed by atoms with Crippen molar-refractivity contribution in [2.24, 2.45) is 5.41 Å². The van der Waals surface area contributed by atoms with Gasteiger partial charge in [-0.3, -0.25) is 4.79 Å². The normalized spacial score (nSPS) is 17.4. The highest BCUT2D eigenvalue weighted by molar-refractivity contribution is 5.94. The van der Waals surface area contributed by atoms with Gasteiger partial charge in [-0.25, -0.2) is 0 Å². The molecule has 1 fully saturated rings. The molecule has 0 spiro atoms. The first-order valence-corrected chi connectivity index (χ1v) is 9.74. The van der Waals surface area contributed by atoms with E-state index >= 15 is 0 Å². The number of amides is 1. The number of carbonyl (C=O) groups excluding carboxylic acids is 1. The molecule has 0 bridgehead atoms. The predicted octanol–water partition coefficient (Wildman–Crippen LogP) is 4.15. The first-order chi connectivity index (χ1) is 12.6. The van der Waals surface area contributed by atoms with Crippen LogP contribution in [0.25, 0.3) is 0 Å². The van der Waals surface area contributed by atoms with Crippen LogP contribution in [0, 0.1) is 5.41 Å². The number of hydrogen-bond acceptors (Lipinski definition) is 2. The predicted molar refractivity (Wildman–Crippen MR) is 107 cm³/mol. The van der Waals surface area contributed by atoms with Crippen LogP contribution in [-0.2, 0) is 6.42 Å². The van der Waals surface area contributed by atoms with E-state index in [1.165, 1.54) is 37.9 Å². The average Bonchev–Trinajstić information content (AvgIpc) is 2.68. The molecule has 0 saturated carbocycles. The molecule has 2 aromatic rings. The Balaban J connectivity index is 1.68. The van der Waals surface area contributed by atoms with E-state index in [2.05, 4.69) is 47.5 Å². The monoisotopic (exact) mass is 350 g/mol. The summed E-state index contributed by atoms with van der Waals surface area (Å²) >= 11 is 0. The third-order valence-corrected chi connectivity index (χ3v) is 5.24. The molecule has 3 nitrogen and oxygen atoms in total. The zero-order valence-electron chi connectivity index (χ0n) is 15.8. The highest BCUT2D eigenvalue weighted by Gasteiger charge is 2.29. The van der Waals surface area contributed by atoms with Crippen LogP contribution in [0.2, 0.25) is 0 Å². The molecule has 3 heteroatoms. The standard InChI is InChI=1S/C23H30N2O/c1-23(17-20-11-5-2-6-12-20,19-25-15-9-4-10-16-25)18-24-22(26)21-13-7-3-8-14-21/h2-3,5-8,11-14H,4,9-10,15-19H2,1H3,(H,24,26)/t23-/m0/s1.